The molecule has 0 atom stereocenters. The molecule has 118 valence electrons. The predicted molar refractivity (Wildman–Crippen MR) is 96.0 cm³/mol. The average Bonchev–Trinajstić information content (AvgIpc) is 3.03. The van der Waals surface area contributed by atoms with E-state index in [0.717, 1.165) is 30.0 Å². The molecule has 0 bridgehead atoms. The van der Waals surface area contributed by atoms with E-state index in [0.29, 0.717) is 16.6 Å². The maximum absolute atomic E-state index is 6.20. The van der Waals surface area contributed by atoms with Crippen molar-refractivity contribution in [3.63, 3.8) is 0 Å². The van der Waals surface area contributed by atoms with E-state index in [2.05, 4.69) is 29.6 Å². The summed E-state index contributed by atoms with van der Waals surface area (Å²) in [5.74, 6) is 1.61. The van der Waals surface area contributed by atoms with Crippen molar-refractivity contribution in [2.45, 2.75) is 13.0 Å². The van der Waals surface area contributed by atoms with E-state index in [9.17, 15) is 0 Å². The Morgan fingerprint density at radius 3 is 2.57 bits per heavy atom. The second-order valence-electron chi connectivity index (χ2n) is 5.30. The Morgan fingerprint density at radius 1 is 0.913 bits per heavy atom. The van der Waals surface area contributed by atoms with Crippen molar-refractivity contribution in [1.82, 2.24) is 5.32 Å². The monoisotopic (exact) mass is 345 g/mol. The van der Waals surface area contributed by atoms with Crippen LogP contribution in [-0.4, -0.2) is 6.54 Å². The Labute approximate surface area is 146 Å². The molecule has 0 spiro atoms. The SMILES string of the molecule is Clc1ccc(Cl)c(-c2ccc(CNCCc3ccccc3)o2)c1. The Balaban J connectivity index is 1.56. The largest absolute Gasteiger partial charge is 0.460 e. The summed E-state index contributed by atoms with van der Waals surface area (Å²) in [5.41, 5.74) is 2.14. The number of rotatable bonds is 6. The molecule has 0 fully saturated rings. The molecule has 0 saturated heterocycles. The van der Waals surface area contributed by atoms with E-state index < -0.39 is 0 Å². The molecule has 4 heteroatoms. The van der Waals surface area contributed by atoms with Gasteiger partial charge in [0.15, 0.2) is 0 Å². The molecule has 1 N–H and O–H groups in total. The summed E-state index contributed by atoms with van der Waals surface area (Å²) in [6.07, 6.45) is 0.995. The Bertz CT molecular complexity index is 768. The third-order valence-corrected chi connectivity index (χ3v) is 4.15. The van der Waals surface area contributed by atoms with Crippen molar-refractivity contribution in [2.75, 3.05) is 6.54 Å². The molecule has 2 aromatic carbocycles. The highest BCUT2D eigenvalue weighted by molar-refractivity contribution is 6.35. The van der Waals surface area contributed by atoms with Gasteiger partial charge in [-0.15, -0.1) is 0 Å². The zero-order chi connectivity index (χ0) is 16.1. The molecule has 0 aliphatic carbocycles. The quantitative estimate of drug-likeness (QED) is 0.589. The fraction of sp³-hybridized carbons (Fsp3) is 0.158. The van der Waals surface area contributed by atoms with Crippen LogP contribution in [0, 0.1) is 0 Å². The van der Waals surface area contributed by atoms with Gasteiger partial charge < -0.3 is 9.73 Å². The van der Waals surface area contributed by atoms with E-state index in [1.165, 1.54) is 5.56 Å². The average molecular weight is 346 g/mol. The molecule has 0 aliphatic rings. The number of hydrogen-bond acceptors (Lipinski definition) is 2. The second kappa shape index (κ2) is 7.69. The topological polar surface area (TPSA) is 25.2 Å². The normalized spacial score (nSPS) is 10.9. The molecule has 23 heavy (non-hydrogen) atoms. The molecule has 0 saturated carbocycles. The van der Waals surface area contributed by atoms with Crippen molar-refractivity contribution in [3.05, 3.63) is 82.0 Å². The summed E-state index contributed by atoms with van der Waals surface area (Å²) in [6.45, 7) is 1.59. The van der Waals surface area contributed by atoms with Gasteiger partial charge in [0.05, 0.1) is 11.6 Å². The van der Waals surface area contributed by atoms with Gasteiger partial charge in [-0.3, -0.25) is 0 Å². The summed E-state index contributed by atoms with van der Waals surface area (Å²) in [5, 5.41) is 4.66. The van der Waals surface area contributed by atoms with Crippen molar-refractivity contribution in [1.29, 1.82) is 0 Å². The first-order valence-corrected chi connectivity index (χ1v) is 8.27. The number of benzene rings is 2. The van der Waals surface area contributed by atoms with E-state index in [4.69, 9.17) is 27.6 Å². The van der Waals surface area contributed by atoms with Crippen LogP contribution >= 0.6 is 23.2 Å². The Hall–Kier alpha value is -1.74. The summed E-state index contributed by atoms with van der Waals surface area (Å²) < 4.78 is 5.85. The van der Waals surface area contributed by atoms with Crippen molar-refractivity contribution < 1.29 is 4.42 Å². The first-order chi connectivity index (χ1) is 11.2. The van der Waals surface area contributed by atoms with Crippen LogP contribution in [-0.2, 0) is 13.0 Å². The van der Waals surface area contributed by atoms with Crippen molar-refractivity contribution >= 4 is 23.2 Å². The Kier molecular flexibility index (Phi) is 5.39. The minimum absolute atomic E-state index is 0.632. The fourth-order valence-electron chi connectivity index (χ4n) is 2.39. The minimum atomic E-state index is 0.632. The van der Waals surface area contributed by atoms with Crippen LogP contribution in [0.3, 0.4) is 0 Å². The maximum atomic E-state index is 6.20. The third kappa shape index (κ3) is 4.38. The standard InChI is InChI=1S/C19H17Cl2NO/c20-15-6-8-18(21)17(12-15)19-9-7-16(23-19)13-22-11-10-14-4-2-1-3-5-14/h1-9,12,22H,10-11,13H2. The Morgan fingerprint density at radius 2 is 1.74 bits per heavy atom. The highest BCUT2D eigenvalue weighted by Crippen LogP contribution is 2.31. The van der Waals surface area contributed by atoms with E-state index in [-0.39, 0.29) is 0 Å². The van der Waals surface area contributed by atoms with Crippen LogP contribution in [0.25, 0.3) is 11.3 Å². The maximum Gasteiger partial charge on any atom is 0.135 e. The minimum Gasteiger partial charge on any atom is -0.460 e. The molecule has 0 radical (unpaired) electrons. The van der Waals surface area contributed by atoms with Crippen LogP contribution in [0.4, 0.5) is 0 Å². The molecule has 1 heterocycles. The number of furan rings is 1. The van der Waals surface area contributed by atoms with Gasteiger partial charge in [-0.25, -0.2) is 0 Å². The first-order valence-electron chi connectivity index (χ1n) is 7.51. The molecule has 0 aliphatic heterocycles. The van der Waals surface area contributed by atoms with Gasteiger partial charge in [0.1, 0.15) is 11.5 Å². The molecule has 3 rings (SSSR count). The van der Waals surface area contributed by atoms with Crippen LogP contribution in [0.15, 0.2) is 65.1 Å². The summed E-state index contributed by atoms with van der Waals surface area (Å²) in [4.78, 5) is 0. The molecular formula is C19H17Cl2NO. The second-order valence-corrected chi connectivity index (χ2v) is 6.15. The summed E-state index contributed by atoms with van der Waals surface area (Å²) >= 11 is 12.2. The summed E-state index contributed by atoms with van der Waals surface area (Å²) in [6, 6.07) is 19.7. The lowest BCUT2D eigenvalue weighted by Gasteiger charge is -2.04. The predicted octanol–water partition coefficient (Wildman–Crippen LogP) is 5.59. The molecule has 3 aromatic rings. The van der Waals surface area contributed by atoms with Crippen LogP contribution in [0.2, 0.25) is 10.0 Å². The summed E-state index contributed by atoms with van der Waals surface area (Å²) in [7, 11) is 0. The molecular weight excluding hydrogens is 329 g/mol. The highest BCUT2D eigenvalue weighted by Gasteiger charge is 2.09. The molecule has 0 amide bonds. The fourth-order valence-corrected chi connectivity index (χ4v) is 2.78. The zero-order valence-electron chi connectivity index (χ0n) is 12.6. The van der Waals surface area contributed by atoms with Crippen LogP contribution in [0.5, 0.6) is 0 Å². The van der Waals surface area contributed by atoms with Gasteiger partial charge in [-0.05, 0) is 48.9 Å². The van der Waals surface area contributed by atoms with E-state index in [1.54, 1.807) is 12.1 Å². The van der Waals surface area contributed by atoms with Gasteiger partial charge in [-0.2, -0.15) is 0 Å². The highest BCUT2D eigenvalue weighted by atomic mass is 35.5. The number of nitrogens with one attached hydrogen (secondary N) is 1. The third-order valence-electron chi connectivity index (χ3n) is 3.59. The van der Waals surface area contributed by atoms with Gasteiger partial charge in [0, 0.05) is 10.6 Å². The van der Waals surface area contributed by atoms with Crippen molar-refractivity contribution in [2.24, 2.45) is 0 Å². The molecule has 2 nitrogen and oxygen atoms in total. The van der Waals surface area contributed by atoms with Gasteiger partial charge >= 0.3 is 0 Å². The zero-order valence-corrected chi connectivity index (χ0v) is 14.1. The van der Waals surface area contributed by atoms with Gasteiger partial charge in [0.2, 0.25) is 0 Å². The number of hydrogen-bond donors (Lipinski definition) is 1. The first kappa shape index (κ1) is 16.1. The van der Waals surface area contributed by atoms with Crippen LogP contribution in [0.1, 0.15) is 11.3 Å². The molecule has 1 aromatic heterocycles. The van der Waals surface area contributed by atoms with Gasteiger partial charge in [-0.1, -0.05) is 53.5 Å². The van der Waals surface area contributed by atoms with E-state index >= 15 is 0 Å². The van der Waals surface area contributed by atoms with Crippen molar-refractivity contribution in [3.8, 4) is 11.3 Å². The molecule has 0 unspecified atom stereocenters. The van der Waals surface area contributed by atoms with Gasteiger partial charge in [0.25, 0.3) is 0 Å². The van der Waals surface area contributed by atoms with E-state index in [1.807, 2.05) is 24.3 Å². The smallest absolute Gasteiger partial charge is 0.135 e. The number of halogens is 2. The lowest BCUT2D eigenvalue weighted by atomic mass is 10.1. The lowest BCUT2D eigenvalue weighted by molar-refractivity contribution is 0.495. The lowest BCUT2D eigenvalue weighted by Crippen LogP contribution is -2.16. The van der Waals surface area contributed by atoms with Crippen LogP contribution < -0.4 is 5.32 Å².